The summed E-state index contributed by atoms with van der Waals surface area (Å²) in [6, 6.07) is 4.56. The van der Waals surface area contributed by atoms with Gasteiger partial charge in [0.1, 0.15) is 6.54 Å². The maximum atomic E-state index is 2.28. The number of unbranched alkanes of at least 4 members (excludes halogenated alkanes) is 5. The number of rotatable bonds is 9. The highest BCUT2D eigenvalue weighted by Gasteiger charge is 1.99. The Morgan fingerprint density at radius 3 is 2.12 bits per heavy atom. The average molecular weight is 234 g/mol. The lowest BCUT2D eigenvalue weighted by atomic mass is 10.1. The highest BCUT2D eigenvalue weighted by Crippen LogP contribution is 2.08. The van der Waals surface area contributed by atoms with Gasteiger partial charge >= 0.3 is 0 Å². The van der Waals surface area contributed by atoms with Crippen molar-refractivity contribution < 1.29 is 4.57 Å². The van der Waals surface area contributed by atoms with Gasteiger partial charge < -0.3 is 0 Å². The van der Waals surface area contributed by atoms with Gasteiger partial charge in [0.25, 0.3) is 0 Å². The van der Waals surface area contributed by atoms with E-state index < -0.39 is 0 Å². The van der Waals surface area contributed by atoms with Crippen molar-refractivity contribution in [1.82, 2.24) is 0 Å². The van der Waals surface area contributed by atoms with E-state index in [1.165, 1.54) is 56.9 Å². The molecule has 0 saturated carbocycles. The average Bonchev–Trinajstić information content (AvgIpc) is 2.36. The predicted molar refractivity (Wildman–Crippen MR) is 74.0 cm³/mol. The minimum Gasteiger partial charge on any atom is -0.205 e. The van der Waals surface area contributed by atoms with Crippen LogP contribution in [0.2, 0.25) is 0 Å². The van der Waals surface area contributed by atoms with Gasteiger partial charge in [-0.05, 0) is 18.4 Å². The molecule has 1 rings (SSSR count). The normalized spacial score (nSPS) is 10.7. The van der Waals surface area contributed by atoms with Crippen molar-refractivity contribution in [2.45, 2.75) is 71.8 Å². The fourth-order valence-electron chi connectivity index (χ4n) is 2.17. The second-order valence-corrected chi connectivity index (χ2v) is 4.96. The third-order valence-electron chi connectivity index (χ3n) is 3.26. The zero-order valence-corrected chi connectivity index (χ0v) is 11.6. The molecule has 1 nitrogen and oxygen atoms in total. The van der Waals surface area contributed by atoms with Crippen molar-refractivity contribution in [3.05, 3.63) is 30.1 Å². The van der Waals surface area contributed by atoms with Gasteiger partial charge in [-0.15, -0.1) is 0 Å². The van der Waals surface area contributed by atoms with Crippen LogP contribution in [0, 0.1) is 0 Å². The van der Waals surface area contributed by atoms with Crippen LogP contribution in [0.25, 0.3) is 0 Å². The maximum Gasteiger partial charge on any atom is 0.169 e. The highest BCUT2D eigenvalue weighted by molar-refractivity contribution is 5.07. The standard InChI is InChI=1S/C16H28N/c1-3-5-6-7-8-9-10-16-11-14-17(13-4-2)15-12-16/h11-12,14-15H,3-10,13H2,1-2H3/q+1. The summed E-state index contributed by atoms with van der Waals surface area (Å²) in [5.74, 6) is 0. The summed E-state index contributed by atoms with van der Waals surface area (Å²) in [6.45, 7) is 5.63. The fourth-order valence-corrected chi connectivity index (χ4v) is 2.17. The third kappa shape index (κ3) is 6.45. The smallest absolute Gasteiger partial charge is 0.169 e. The molecule has 0 fully saturated rings. The van der Waals surface area contributed by atoms with Crippen molar-refractivity contribution in [2.24, 2.45) is 0 Å². The second kappa shape index (κ2) is 9.21. The van der Waals surface area contributed by atoms with E-state index in [2.05, 4.69) is 42.9 Å². The van der Waals surface area contributed by atoms with E-state index in [9.17, 15) is 0 Å². The Morgan fingerprint density at radius 2 is 1.47 bits per heavy atom. The van der Waals surface area contributed by atoms with Gasteiger partial charge in [-0.25, -0.2) is 4.57 Å². The van der Waals surface area contributed by atoms with E-state index in [4.69, 9.17) is 0 Å². The van der Waals surface area contributed by atoms with E-state index in [1.807, 2.05) is 0 Å². The SMILES string of the molecule is CCCCCCCCc1cc[n+](CCC)cc1. The zero-order chi connectivity index (χ0) is 12.3. The van der Waals surface area contributed by atoms with Gasteiger partial charge in [0.05, 0.1) is 0 Å². The predicted octanol–water partition coefficient (Wildman–Crippen LogP) is 4.29. The van der Waals surface area contributed by atoms with Gasteiger partial charge in [0.15, 0.2) is 12.4 Å². The van der Waals surface area contributed by atoms with E-state index in [1.54, 1.807) is 0 Å². The van der Waals surface area contributed by atoms with Gasteiger partial charge in [0.2, 0.25) is 0 Å². The molecule has 0 bridgehead atoms. The van der Waals surface area contributed by atoms with Gasteiger partial charge in [-0.2, -0.15) is 0 Å². The lowest BCUT2D eigenvalue weighted by Gasteiger charge is -2.01. The van der Waals surface area contributed by atoms with E-state index in [0.717, 1.165) is 6.54 Å². The Kier molecular flexibility index (Phi) is 7.70. The quantitative estimate of drug-likeness (QED) is 0.443. The maximum absolute atomic E-state index is 2.28. The molecule has 1 heteroatoms. The number of aryl methyl sites for hydroxylation is 2. The molecule has 1 aromatic rings. The molecule has 0 unspecified atom stereocenters. The van der Waals surface area contributed by atoms with Gasteiger partial charge in [0, 0.05) is 18.6 Å². The van der Waals surface area contributed by atoms with Crippen molar-refractivity contribution in [3.8, 4) is 0 Å². The molecule has 0 aromatic carbocycles. The van der Waals surface area contributed by atoms with Crippen LogP contribution in [0.5, 0.6) is 0 Å². The van der Waals surface area contributed by atoms with Crippen LogP contribution >= 0.6 is 0 Å². The minimum absolute atomic E-state index is 1.14. The Hall–Kier alpha value is -0.850. The topological polar surface area (TPSA) is 3.88 Å². The molecule has 1 aromatic heterocycles. The zero-order valence-electron chi connectivity index (χ0n) is 11.6. The lowest BCUT2D eigenvalue weighted by Crippen LogP contribution is -2.32. The van der Waals surface area contributed by atoms with Gasteiger partial charge in [-0.1, -0.05) is 46.0 Å². The first-order valence-electron chi connectivity index (χ1n) is 7.34. The molecular weight excluding hydrogens is 206 g/mol. The van der Waals surface area contributed by atoms with Crippen molar-refractivity contribution in [1.29, 1.82) is 0 Å². The van der Waals surface area contributed by atoms with Crippen LogP contribution < -0.4 is 4.57 Å². The van der Waals surface area contributed by atoms with Crippen molar-refractivity contribution in [2.75, 3.05) is 0 Å². The second-order valence-electron chi connectivity index (χ2n) is 4.96. The van der Waals surface area contributed by atoms with Crippen molar-refractivity contribution in [3.63, 3.8) is 0 Å². The Labute approximate surface area is 107 Å². The molecule has 0 aliphatic rings. The largest absolute Gasteiger partial charge is 0.205 e. The van der Waals surface area contributed by atoms with Crippen LogP contribution in [-0.2, 0) is 13.0 Å². The number of hydrogen-bond donors (Lipinski definition) is 0. The monoisotopic (exact) mass is 234 g/mol. The molecule has 0 radical (unpaired) electrons. The van der Waals surface area contributed by atoms with Crippen LogP contribution in [0.4, 0.5) is 0 Å². The summed E-state index contributed by atoms with van der Waals surface area (Å²) in [4.78, 5) is 0. The van der Waals surface area contributed by atoms with Crippen molar-refractivity contribution >= 4 is 0 Å². The molecule has 0 amide bonds. The summed E-state index contributed by atoms with van der Waals surface area (Å²) >= 11 is 0. The Bertz CT molecular complexity index is 276. The molecule has 1 heterocycles. The lowest BCUT2D eigenvalue weighted by molar-refractivity contribution is -0.697. The number of pyridine rings is 1. The first-order chi connectivity index (χ1) is 8.36. The van der Waals surface area contributed by atoms with Crippen LogP contribution in [0.3, 0.4) is 0 Å². The summed E-state index contributed by atoms with van der Waals surface area (Å²) in [5.41, 5.74) is 1.49. The highest BCUT2D eigenvalue weighted by atomic mass is 14.9. The molecule has 0 saturated heterocycles. The molecular formula is C16H28N+. The van der Waals surface area contributed by atoms with Gasteiger partial charge in [-0.3, -0.25) is 0 Å². The minimum atomic E-state index is 1.14. The van der Waals surface area contributed by atoms with E-state index in [-0.39, 0.29) is 0 Å². The molecule has 0 spiro atoms. The molecule has 0 N–H and O–H groups in total. The molecule has 0 aliphatic heterocycles. The van der Waals surface area contributed by atoms with Crippen LogP contribution in [0.1, 0.15) is 64.4 Å². The molecule has 0 atom stereocenters. The number of nitrogens with zero attached hydrogens (tertiary/aromatic N) is 1. The first-order valence-corrected chi connectivity index (χ1v) is 7.34. The third-order valence-corrected chi connectivity index (χ3v) is 3.26. The van der Waals surface area contributed by atoms with Crippen LogP contribution in [0.15, 0.2) is 24.5 Å². The summed E-state index contributed by atoms with van der Waals surface area (Å²) < 4.78 is 2.27. The summed E-state index contributed by atoms with van der Waals surface area (Å²) in [7, 11) is 0. The molecule has 17 heavy (non-hydrogen) atoms. The Balaban J connectivity index is 2.14. The van der Waals surface area contributed by atoms with Crippen LogP contribution in [-0.4, -0.2) is 0 Å². The first kappa shape index (κ1) is 14.2. The molecule has 96 valence electrons. The summed E-state index contributed by atoms with van der Waals surface area (Å²) in [6.07, 6.45) is 15.2. The number of aromatic nitrogens is 1. The fraction of sp³-hybridized carbons (Fsp3) is 0.688. The summed E-state index contributed by atoms with van der Waals surface area (Å²) in [5, 5.41) is 0. The number of hydrogen-bond acceptors (Lipinski definition) is 0. The van der Waals surface area contributed by atoms with E-state index >= 15 is 0 Å². The van der Waals surface area contributed by atoms with E-state index in [0.29, 0.717) is 0 Å². The Morgan fingerprint density at radius 1 is 0.824 bits per heavy atom. The molecule has 0 aliphatic carbocycles.